The second-order valence-corrected chi connectivity index (χ2v) is 8.34. The van der Waals surface area contributed by atoms with Crippen LogP contribution in [0.15, 0.2) is 85.3 Å². The summed E-state index contributed by atoms with van der Waals surface area (Å²) < 4.78 is 1.53. The Balaban J connectivity index is 1.43. The molecule has 1 atom stereocenters. The van der Waals surface area contributed by atoms with E-state index in [2.05, 4.69) is 67.1 Å². The van der Waals surface area contributed by atoms with Crippen LogP contribution in [-0.4, -0.2) is 51.7 Å². The van der Waals surface area contributed by atoms with E-state index in [9.17, 15) is 4.79 Å². The lowest BCUT2D eigenvalue weighted by Crippen LogP contribution is -2.29. The second kappa shape index (κ2) is 9.19. The van der Waals surface area contributed by atoms with Gasteiger partial charge in [0.05, 0.1) is 5.69 Å². The Morgan fingerprint density at radius 2 is 1.88 bits per heavy atom. The predicted molar refractivity (Wildman–Crippen MR) is 132 cm³/mol. The highest BCUT2D eigenvalue weighted by atomic mass is 16.1. The molecule has 1 amide bonds. The number of nitrogens with zero attached hydrogens (tertiary/aromatic N) is 5. The summed E-state index contributed by atoms with van der Waals surface area (Å²) in [6, 6.07) is 23.9. The molecule has 0 aliphatic carbocycles. The number of hydrogen-bond acceptors (Lipinski definition) is 5. The van der Waals surface area contributed by atoms with Crippen LogP contribution in [0.25, 0.3) is 16.6 Å². The molecule has 0 spiro atoms. The lowest BCUT2D eigenvalue weighted by atomic mass is 9.90. The highest BCUT2D eigenvalue weighted by Crippen LogP contribution is 2.31. The van der Waals surface area contributed by atoms with Crippen LogP contribution >= 0.6 is 0 Å². The molecule has 2 heterocycles. The fourth-order valence-corrected chi connectivity index (χ4v) is 4.16. The average molecular weight is 452 g/mol. The monoisotopic (exact) mass is 451 g/mol. The molecule has 0 saturated carbocycles. The zero-order valence-corrected chi connectivity index (χ0v) is 19.0. The van der Waals surface area contributed by atoms with E-state index in [1.807, 2.05) is 44.6 Å². The van der Waals surface area contributed by atoms with E-state index in [1.54, 1.807) is 12.1 Å². The summed E-state index contributed by atoms with van der Waals surface area (Å²) in [5, 5.41) is 15.5. The van der Waals surface area contributed by atoms with Gasteiger partial charge in [-0.25, -0.2) is 4.68 Å². The number of benzene rings is 3. The van der Waals surface area contributed by atoms with Gasteiger partial charge >= 0.3 is 0 Å². The summed E-state index contributed by atoms with van der Waals surface area (Å²) in [6.45, 7) is 0.455. The van der Waals surface area contributed by atoms with Gasteiger partial charge in [0.2, 0.25) is 0 Å². The van der Waals surface area contributed by atoms with Crippen LogP contribution in [0.1, 0.15) is 27.4 Å². The van der Waals surface area contributed by atoms with Crippen molar-refractivity contribution < 1.29 is 4.79 Å². The number of aromatic amines is 1. The van der Waals surface area contributed by atoms with Crippen molar-refractivity contribution in [3.8, 4) is 5.69 Å². The molecule has 5 aromatic rings. The summed E-state index contributed by atoms with van der Waals surface area (Å²) in [6.07, 6.45) is 3.54. The first-order chi connectivity index (χ1) is 16.6. The Labute approximate surface area is 197 Å². The number of rotatable bonds is 7. The molecule has 170 valence electrons. The van der Waals surface area contributed by atoms with Crippen molar-refractivity contribution in [3.63, 3.8) is 0 Å². The molecule has 0 fully saturated rings. The fourth-order valence-electron chi connectivity index (χ4n) is 4.16. The number of hydrogen-bond donors (Lipinski definition) is 2. The Hall–Kier alpha value is -4.46. The van der Waals surface area contributed by atoms with Gasteiger partial charge in [-0.05, 0) is 58.0 Å². The number of nitrogens with one attached hydrogen (secondary N) is 2. The van der Waals surface area contributed by atoms with Crippen LogP contribution in [0.3, 0.4) is 0 Å². The van der Waals surface area contributed by atoms with Gasteiger partial charge < -0.3 is 15.2 Å². The third kappa shape index (κ3) is 4.25. The predicted octanol–water partition coefficient (Wildman–Crippen LogP) is 3.77. The summed E-state index contributed by atoms with van der Waals surface area (Å²) in [5.74, 6) is -0.163. The Morgan fingerprint density at radius 3 is 2.65 bits per heavy atom. The quantitative estimate of drug-likeness (QED) is 0.393. The van der Waals surface area contributed by atoms with Gasteiger partial charge in [0.15, 0.2) is 0 Å². The molecule has 8 nitrogen and oxygen atoms in total. The van der Waals surface area contributed by atoms with E-state index in [1.165, 1.54) is 11.0 Å². The average Bonchev–Trinajstić information content (AvgIpc) is 3.55. The van der Waals surface area contributed by atoms with Crippen molar-refractivity contribution in [2.45, 2.75) is 5.92 Å². The molecule has 8 heteroatoms. The fraction of sp³-hybridized carbons (Fsp3) is 0.154. The highest BCUT2D eigenvalue weighted by molar-refractivity contribution is 5.95. The lowest BCUT2D eigenvalue weighted by Gasteiger charge is -2.20. The first-order valence-electron chi connectivity index (χ1n) is 11.0. The molecule has 5 rings (SSSR count). The number of amides is 1. The zero-order chi connectivity index (χ0) is 23.5. The number of para-hydroxylation sites is 1. The van der Waals surface area contributed by atoms with E-state index in [4.69, 9.17) is 0 Å². The van der Waals surface area contributed by atoms with Crippen LogP contribution in [0.2, 0.25) is 0 Å². The van der Waals surface area contributed by atoms with Crippen LogP contribution in [0.5, 0.6) is 0 Å². The maximum absolute atomic E-state index is 13.1. The van der Waals surface area contributed by atoms with Gasteiger partial charge in [-0.1, -0.05) is 36.4 Å². The normalized spacial score (nSPS) is 11.9. The molecule has 2 N–H and O–H groups in total. The number of H-pyrrole nitrogens is 1. The zero-order valence-electron chi connectivity index (χ0n) is 19.0. The molecule has 0 bridgehead atoms. The smallest absolute Gasteiger partial charge is 0.251 e. The van der Waals surface area contributed by atoms with Crippen molar-refractivity contribution in [2.75, 3.05) is 25.5 Å². The van der Waals surface area contributed by atoms with Crippen LogP contribution in [-0.2, 0) is 0 Å². The number of fused-ring (bicyclic) bond motifs is 1. The van der Waals surface area contributed by atoms with Gasteiger partial charge in [0, 0.05) is 54.9 Å². The summed E-state index contributed by atoms with van der Waals surface area (Å²) in [7, 11) is 4.05. The van der Waals surface area contributed by atoms with Gasteiger partial charge in [0.1, 0.15) is 6.33 Å². The Kier molecular flexibility index (Phi) is 5.78. The topological polar surface area (TPSA) is 91.7 Å². The number of carbonyl (C=O) groups is 1. The largest absolute Gasteiger partial charge is 0.378 e. The summed E-state index contributed by atoms with van der Waals surface area (Å²) in [4.78, 5) is 18.5. The lowest BCUT2D eigenvalue weighted by molar-refractivity contribution is 0.0952. The number of carbonyl (C=O) groups excluding carboxylic acids is 1. The molecule has 1 unspecified atom stereocenters. The molecule has 34 heavy (non-hydrogen) atoms. The minimum Gasteiger partial charge on any atom is -0.378 e. The second-order valence-electron chi connectivity index (χ2n) is 8.34. The molecule has 0 aliphatic heterocycles. The van der Waals surface area contributed by atoms with Gasteiger partial charge in [-0.3, -0.25) is 4.79 Å². The minimum absolute atomic E-state index is 0.0148. The maximum Gasteiger partial charge on any atom is 0.251 e. The van der Waals surface area contributed by atoms with E-state index in [0.717, 1.165) is 33.4 Å². The third-order valence-corrected chi connectivity index (χ3v) is 6.00. The van der Waals surface area contributed by atoms with Gasteiger partial charge in [0.25, 0.3) is 5.91 Å². The first kappa shape index (κ1) is 21.4. The first-order valence-corrected chi connectivity index (χ1v) is 11.0. The highest BCUT2D eigenvalue weighted by Gasteiger charge is 2.20. The Bertz CT molecular complexity index is 1400. The molecule has 0 radical (unpaired) electrons. The van der Waals surface area contributed by atoms with E-state index in [-0.39, 0.29) is 11.8 Å². The van der Waals surface area contributed by atoms with Crippen molar-refractivity contribution in [3.05, 3.63) is 102 Å². The van der Waals surface area contributed by atoms with E-state index >= 15 is 0 Å². The SMILES string of the molecule is CN(C)c1ccc(C(CNC(=O)c2cccc(-n3cnnn3)c2)c2c[nH]c3ccccc23)cc1. The van der Waals surface area contributed by atoms with E-state index in [0.29, 0.717) is 12.1 Å². The molecular weight excluding hydrogens is 426 g/mol. The molecule has 3 aromatic carbocycles. The molecule has 0 aliphatic rings. The van der Waals surface area contributed by atoms with Crippen molar-refractivity contribution in [1.29, 1.82) is 0 Å². The minimum atomic E-state index is -0.148. The molecule has 0 saturated heterocycles. The Morgan fingerprint density at radius 1 is 1.06 bits per heavy atom. The van der Waals surface area contributed by atoms with Gasteiger partial charge in [-0.2, -0.15) is 0 Å². The molecular formula is C26H25N7O. The van der Waals surface area contributed by atoms with Crippen LogP contribution in [0.4, 0.5) is 5.69 Å². The third-order valence-electron chi connectivity index (χ3n) is 6.00. The summed E-state index contributed by atoms with van der Waals surface area (Å²) in [5.41, 5.74) is 5.77. The number of anilines is 1. The van der Waals surface area contributed by atoms with E-state index < -0.39 is 0 Å². The van der Waals surface area contributed by atoms with Crippen molar-refractivity contribution >= 4 is 22.5 Å². The maximum atomic E-state index is 13.1. The van der Waals surface area contributed by atoms with Crippen LogP contribution in [0, 0.1) is 0 Å². The number of aromatic nitrogens is 5. The van der Waals surface area contributed by atoms with Crippen LogP contribution < -0.4 is 10.2 Å². The number of tetrazole rings is 1. The van der Waals surface area contributed by atoms with Crippen molar-refractivity contribution in [1.82, 2.24) is 30.5 Å². The standard InChI is InChI=1S/C26H25N7O/c1-32(2)20-12-10-18(11-13-20)23(24-16-27-25-9-4-3-8-22(24)25)15-28-26(34)19-6-5-7-21(14-19)33-17-29-30-31-33/h3-14,16-17,23,27H,15H2,1-2H3,(H,28,34). The molecule has 2 aromatic heterocycles. The van der Waals surface area contributed by atoms with Gasteiger partial charge in [-0.15, -0.1) is 5.10 Å². The summed E-state index contributed by atoms with van der Waals surface area (Å²) >= 11 is 0. The van der Waals surface area contributed by atoms with Crippen molar-refractivity contribution in [2.24, 2.45) is 0 Å².